The van der Waals surface area contributed by atoms with Gasteiger partial charge in [-0.1, -0.05) is 30.4 Å². The summed E-state index contributed by atoms with van der Waals surface area (Å²) in [6, 6.07) is 7.37. The molecule has 2 nitrogen and oxygen atoms in total. The van der Waals surface area contributed by atoms with Gasteiger partial charge in [0.15, 0.2) is 5.78 Å². The van der Waals surface area contributed by atoms with Crippen molar-refractivity contribution < 1.29 is 4.79 Å². The van der Waals surface area contributed by atoms with Crippen LogP contribution in [-0.2, 0) is 4.79 Å². The van der Waals surface area contributed by atoms with Crippen LogP contribution in [0.25, 0.3) is 6.08 Å². The van der Waals surface area contributed by atoms with Crippen molar-refractivity contribution in [3.8, 4) is 0 Å². The summed E-state index contributed by atoms with van der Waals surface area (Å²) in [4.78, 5) is 11.3. The molecule has 0 atom stereocenters. The maximum atomic E-state index is 11.3. The zero-order valence-corrected chi connectivity index (χ0v) is 8.86. The van der Waals surface area contributed by atoms with Crippen LogP contribution in [0.2, 0.25) is 0 Å². The van der Waals surface area contributed by atoms with Crippen LogP contribution in [0.15, 0.2) is 42.5 Å². The number of anilines is 1. The van der Waals surface area contributed by atoms with E-state index in [1.807, 2.05) is 31.2 Å². The number of hydrogen-bond acceptors (Lipinski definition) is 2. The minimum Gasteiger partial charge on any atom is -0.399 e. The van der Waals surface area contributed by atoms with Gasteiger partial charge in [0, 0.05) is 12.1 Å². The molecule has 1 aromatic rings. The van der Waals surface area contributed by atoms with Gasteiger partial charge in [0.05, 0.1) is 0 Å². The first-order chi connectivity index (χ1) is 7.08. The molecule has 0 bridgehead atoms. The van der Waals surface area contributed by atoms with Crippen LogP contribution in [-0.4, -0.2) is 5.78 Å². The van der Waals surface area contributed by atoms with Crippen molar-refractivity contribution in [3.05, 3.63) is 48.1 Å². The first-order valence-corrected chi connectivity index (χ1v) is 4.79. The third kappa shape index (κ3) is 4.27. The average Bonchev–Trinajstić information content (AvgIpc) is 2.16. The summed E-state index contributed by atoms with van der Waals surface area (Å²) in [7, 11) is 0. The normalized spacial score (nSPS) is 10.5. The van der Waals surface area contributed by atoms with Gasteiger partial charge in [0.1, 0.15) is 0 Å². The van der Waals surface area contributed by atoms with E-state index >= 15 is 0 Å². The summed E-state index contributed by atoms with van der Waals surface area (Å²) in [5, 5.41) is 0. The molecule has 0 radical (unpaired) electrons. The molecular weight excluding hydrogens is 186 g/mol. The Morgan fingerprint density at radius 1 is 1.40 bits per heavy atom. The quantitative estimate of drug-likeness (QED) is 0.462. The molecule has 78 valence electrons. The number of benzene rings is 1. The van der Waals surface area contributed by atoms with Gasteiger partial charge < -0.3 is 5.73 Å². The molecule has 2 N–H and O–H groups in total. The summed E-state index contributed by atoms with van der Waals surface area (Å²) < 4.78 is 0. The standard InChI is InChI=1S/C13H15NO/c1-10(2)9-13(15)8-5-11-3-6-12(14)7-4-11/h3-8H,1,9,14H2,2H3/b8-5+. The predicted molar refractivity (Wildman–Crippen MR) is 64.3 cm³/mol. The Labute approximate surface area is 90.1 Å². The molecule has 0 spiro atoms. The maximum Gasteiger partial charge on any atom is 0.159 e. The summed E-state index contributed by atoms with van der Waals surface area (Å²) in [6.07, 6.45) is 3.76. The maximum absolute atomic E-state index is 11.3. The highest BCUT2D eigenvalue weighted by Crippen LogP contribution is 2.07. The van der Waals surface area contributed by atoms with E-state index < -0.39 is 0 Å². The molecule has 0 aliphatic carbocycles. The van der Waals surface area contributed by atoms with Crippen molar-refractivity contribution >= 4 is 17.5 Å². The molecule has 0 saturated heterocycles. The molecule has 0 heterocycles. The molecule has 0 aliphatic rings. The van der Waals surface area contributed by atoms with Gasteiger partial charge in [-0.2, -0.15) is 0 Å². The number of hydrogen-bond donors (Lipinski definition) is 1. The second-order valence-electron chi connectivity index (χ2n) is 3.60. The van der Waals surface area contributed by atoms with Gasteiger partial charge >= 0.3 is 0 Å². The van der Waals surface area contributed by atoms with Crippen LogP contribution < -0.4 is 5.73 Å². The van der Waals surface area contributed by atoms with Crippen LogP contribution in [0.4, 0.5) is 5.69 Å². The minimum atomic E-state index is 0.0688. The van der Waals surface area contributed by atoms with E-state index in [4.69, 9.17) is 5.73 Å². The molecule has 1 rings (SSSR count). The van der Waals surface area contributed by atoms with Gasteiger partial charge in [-0.3, -0.25) is 4.79 Å². The first-order valence-electron chi connectivity index (χ1n) is 4.79. The van der Waals surface area contributed by atoms with E-state index in [2.05, 4.69) is 6.58 Å². The Morgan fingerprint density at radius 3 is 2.53 bits per heavy atom. The van der Waals surface area contributed by atoms with Crippen molar-refractivity contribution in [3.63, 3.8) is 0 Å². The Balaban J connectivity index is 2.61. The largest absolute Gasteiger partial charge is 0.399 e. The number of ketones is 1. The molecule has 0 unspecified atom stereocenters. The SMILES string of the molecule is C=C(C)CC(=O)/C=C/c1ccc(N)cc1. The Kier molecular flexibility index (Phi) is 3.86. The van der Waals surface area contributed by atoms with Crippen molar-refractivity contribution in [2.75, 3.05) is 5.73 Å². The van der Waals surface area contributed by atoms with Crippen molar-refractivity contribution in [1.29, 1.82) is 0 Å². The lowest BCUT2D eigenvalue weighted by Gasteiger charge is -1.95. The third-order valence-corrected chi connectivity index (χ3v) is 1.87. The highest BCUT2D eigenvalue weighted by Gasteiger charge is 1.95. The monoisotopic (exact) mass is 201 g/mol. The molecule has 0 amide bonds. The van der Waals surface area contributed by atoms with E-state index in [1.165, 1.54) is 0 Å². The lowest BCUT2D eigenvalue weighted by Crippen LogP contribution is -1.92. The van der Waals surface area contributed by atoms with Gasteiger partial charge in [0.2, 0.25) is 0 Å². The minimum absolute atomic E-state index is 0.0688. The van der Waals surface area contributed by atoms with Crippen LogP contribution in [0, 0.1) is 0 Å². The fourth-order valence-corrected chi connectivity index (χ4v) is 1.15. The topological polar surface area (TPSA) is 43.1 Å². The van der Waals surface area contributed by atoms with E-state index in [9.17, 15) is 4.79 Å². The van der Waals surface area contributed by atoms with Crippen molar-refractivity contribution in [2.45, 2.75) is 13.3 Å². The molecule has 0 saturated carbocycles. The second-order valence-corrected chi connectivity index (χ2v) is 3.60. The summed E-state index contributed by atoms with van der Waals surface area (Å²) in [5.74, 6) is 0.0688. The van der Waals surface area contributed by atoms with E-state index in [0.717, 1.165) is 16.8 Å². The van der Waals surface area contributed by atoms with Crippen LogP contribution in [0.3, 0.4) is 0 Å². The molecule has 0 fully saturated rings. The van der Waals surface area contributed by atoms with Gasteiger partial charge in [-0.15, -0.1) is 0 Å². The number of nitrogens with two attached hydrogens (primary N) is 1. The lowest BCUT2D eigenvalue weighted by molar-refractivity contribution is -0.113. The van der Waals surface area contributed by atoms with Crippen molar-refractivity contribution in [2.24, 2.45) is 0 Å². The van der Waals surface area contributed by atoms with Gasteiger partial charge in [0.25, 0.3) is 0 Å². The smallest absolute Gasteiger partial charge is 0.159 e. The van der Waals surface area contributed by atoms with E-state index in [-0.39, 0.29) is 5.78 Å². The lowest BCUT2D eigenvalue weighted by atomic mass is 10.1. The number of allylic oxidation sites excluding steroid dienone is 2. The Morgan fingerprint density at radius 2 is 2.00 bits per heavy atom. The molecule has 15 heavy (non-hydrogen) atoms. The number of nitrogen functional groups attached to an aromatic ring is 1. The van der Waals surface area contributed by atoms with Crippen LogP contribution >= 0.6 is 0 Å². The molecule has 2 heteroatoms. The summed E-state index contributed by atoms with van der Waals surface area (Å²) >= 11 is 0. The number of rotatable bonds is 4. The van der Waals surface area contributed by atoms with E-state index in [1.54, 1.807) is 12.2 Å². The summed E-state index contributed by atoms with van der Waals surface area (Å²) in [6.45, 7) is 5.53. The van der Waals surface area contributed by atoms with Gasteiger partial charge in [-0.05, 0) is 30.7 Å². The van der Waals surface area contributed by atoms with Crippen LogP contribution in [0.5, 0.6) is 0 Å². The van der Waals surface area contributed by atoms with E-state index in [0.29, 0.717) is 6.42 Å². The molecule has 1 aromatic carbocycles. The Bertz CT molecular complexity index is 388. The second kappa shape index (κ2) is 5.15. The fraction of sp³-hybridized carbons (Fsp3) is 0.154. The fourth-order valence-electron chi connectivity index (χ4n) is 1.15. The zero-order valence-electron chi connectivity index (χ0n) is 8.86. The van der Waals surface area contributed by atoms with Crippen molar-refractivity contribution in [1.82, 2.24) is 0 Å². The Hall–Kier alpha value is -1.83. The van der Waals surface area contributed by atoms with Gasteiger partial charge in [-0.25, -0.2) is 0 Å². The number of carbonyl (C=O) groups is 1. The molecule has 0 aliphatic heterocycles. The number of carbonyl (C=O) groups excluding carboxylic acids is 1. The third-order valence-electron chi connectivity index (χ3n) is 1.87. The highest BCUT2D eigenvalue weighted by molar-refractivity contribution is 5.94. The average molecular weight is 201 g/mol. The molecule has 0 aromatic heterocycles. The van der Waals surface area contributed by atoms with Crippen LogP contribution in [0.1, 0.15) is 18.9 Å². The molecular formula is C13H15NO. The zero-order chi connectivity index (χ0) is 11.3. The summed E-state index contributed by atoms with van der Waals surface area (Å²) in [5.41, 5.74) is 8.12. The first kappa shape index (κ1) is 11.2. The predicted octanol–water partition coefficient (Wildman–Crippen LogP) is 2.82. The highest BCUT2D eigenvalue weighted by atomic mass is 16.1.